The number of carboxylic acid groups (broad SMARTS) is 2. The van der Waals surface area contributed by atoms with Gasteiger partial charge in [0.2, 0.25) is 0 Å². The second-order valence-electron chi connectivity index (χ2n) is 41.7. The molecule has 26 nitrogen and oxygen atoms in total. The van der Waals surface area contributed by atoms with Gasteiger partial charge in [0.1, 0.15) is 0 Å². The Balaban J connectivity index is 0.000000170. The van der Waals surface area contributed by atoms with Crippen molar-refractivity contribution in [2.45, 2.75) is 279 Å². The summed E-state index contributed by atoms with van der Waals surface area (Å²) in [6.45, 7) is 8.94. The molecule has 8 aliphatic carbocycles. The van der Waals surface area contributed by atoms with Gasteiger partial charge in [0, 0.05) is 51.2 Å². The molecule has 0 aromatic carbocycles. The Morgan fingerprint density at radius 1 is 0.230 bits per heavy atom. The summed E-state index contributed by atoms with van der Waals surface area (Å²) < 4.78 is 0. The van der Waals surface area contributed by atoms with Crippen LogP contribution in [0, 0.1) is 130 Å². The molecule has 10 heterocycles. The standard InChI is InChI=1S/2C41H77N11.2C2H4O2.Cu/c2*1-50(2)20-23-19-30-33(32(22-52(5)6)31(23)21-51(3)4)41-48-39-29-18-12-11-17-28(29)37(46-39)44-35-25-14-8-7-13-24(25)34(42-35)43-36-26-15-9-10-16-27(26)38(45-36)47-40(30)49-41;2*1-2(3)4;/h2*23-49H,7-22H2,1-6H3;2*1H3,(H,3,4);/q;;;;+2/p-2. The van der Waals surface area contributed by atoms with Crippen molar-refractivity contribution in [1.82, 2.24) is 114 Å². The van der Waals surface area contributed by atoms with Gasteiger partial charge in [0.15, 0.2) is 0 Å². The zero-order chi connectivity index (χ0) is 78.5. The van der Waals surface area contributed by atoms with E-state index in [2.05, 4.69) is 199 Å². The SMILES string of the molecule is CC(=O)[O-].CC(=O)[O-].CN(C)CC1CC2C3NC4NC(NC5NC(NC6NC(NC(N3)C2C(CN(C)C)C1CN(C)C)C1CCCCC61)C1CCCCC51)C1CCCCC41.CN(C)CC1CC2C3NC4NC(NC5NC(NC6NC(NC(N3)C2C(CN(C)C)C1CN(C)C)C1CCCCC61)C1CCCCC51)C1CCCCC41.[Cu+2]. The maximum Gasteiger partial charge on any atom is 2.00 e. The molecular formula is C86H160CuN22O4. The van der Waals surface area contributed by atoms with Gasteiger partial charge < -0.3 is 49.2 Å². The van der Waals surface area contributed by atoms with E-state index in [0.717, 1.165) is 26.9 Å². The van der Waals surface area contributed by atoms with Crippen LogP contribution in [0.4, 0.5) is 0 Å². The van der Waals surface area contributed by atoms with Crippen LogP contribution in [-0.4, -0.2) is 264 Å². The molecule has 18 aliphatic rings. The zero-order valence-corrected chi connectivity index (χ0v) is 73.1. The molecule has 649 valence electrons. The fraction of sp³-hybridized carbons (Fsp3) is 0.977. The van der Waals surface area contributed by atoms with Gasteiger partial charge in [-0.25, -0.2) is 0 Å². The van der Waals surface area contributed by atoms with Crippen molar-refractivity contribution in [3.8, 4) is 0 Å². The van der Waals surface area contributed by atoms with E-state index in [1.807, 2.05) is 0 Å². The van der Waals surface area contributed by atoms with Crippen molar-refractivity contribution in [2.24, 2.45) is 130 Å². The average Bonchev–Trinajstić information content (AvgIpc) is 1.61. The number of hydrogen-bond donors (Lipinski definition) is 16. The smallest absolute Gasteiger partial charge is 0.550 e. The van der Waals surface area contributed by atoms with Crippen LogP contribution in [0.3, 0.4) is 0 Å². The summed E-state index contributed by atoms with van der Waals surface area (Å²) in [6.07, 6.45) is 40.9. The zero-order valence-electron chi connectivity index (χ0n) is 72.2. The average molecular weight is 1630 g/mol. The quantitative estimate of drug-likeness (QED) is 0.123. The molecule has 18 fully saturated rings. The minimum absolute atomic E-state index is 0. The molecule has 113 heavy (non-hydrogen) atoms. The molecule has 16 bridgehead atoms. The largest absolute Gasteiger partial charge is 2.00 e. The van der Waals surface area contributed by atoms with Crippen molar-refractivity contribution in [3.63, 3.8) is 0 Å². The van der Waals surface area contributed by atoms with Crippen LogP contribution in [0.25, 0.3) is 0 Å². The topological polar surface area (TPSA) is 292 Å². The van der Waals surface area contributed by atoms with Gasteiger partial charge in [0.25, 0.3) is 0 Å². The predicted octanol–water partition coefficient (Wildman–Crippen LogP) is 1.45. The molecule has 38 unspecified atom stereocenters. The third-order valence-electron chi connectivity index (χ3n) is 32.7. The van der Waals surface area contributed by atoms with Gasteiger partial charge in [0.05, 0.1) is 98.7 Å². The molecule has 0 aromatic rings. The Morgan fingerprint density at radius 3 is 0.513 bits per heavy atom. The first kappa shape index (κ1) is 87.9. The van der Waals surface area contributed by atoms with Crippen LogP contribution in [0.5, 0.6) is 0 Å². The number of nitrogens with one attached hydrogen (secondary N) is 16. The number of hydrogen-bond acceptors (Lipinski definition) is 26. The Bertz CT molecular complexity index is 2800. The van der Waals surface area contributed by atoms with E-state index in [0.29, 0.717) is 229 Å². The molecule has 0 spiro atoms. The van der Waals surface area contributed by atoms with Gasteiger partial charge >= 0.3 is 17.1 Å². The Hall–Kier alpha value is -1.42. The molecule has 27 heteroatoms. The molecule has 0 aromatic heterocycles. The van der Waals surface area contributed by atoms with E-state index < -0.39 is 11.9 Å². The number of rotatable bonds is 12. The van der Waals surface area contributed by atoms with E-state index in [4.69, 9.17) is 19.8 Å². The van der Waals surface area contributed by atoms with E-state index in [9.17, 15) is 0 Å². The number of carbonyl (C=O) groups is 2. The van der Waals surface area contributed by atoms with Crippen molar-refractivity contribution < 1.29 is 36.9 Å². The minimum Gasteiger partial charge on any atom is -0.550 e. The number of nitrogens with zero attached hydrogens (tertiary/aromatic N) is 6. The summed E-state index contributed by atoms with van der Waals surface area (Å²) in [5.74, 6) is 12.5. The number of fused-ring (bicyclic) bond motifs is 40. The van der Waals surface area contributed by atoms with Crippen molar-refractivity contribution >= 4 is 11.9 Å². The first-order valence-electron chi connectivity index (χ1n) is 46.3. The second kappa shape index (κ2) is 39.0. The van der Waals surface area contributed by atoms with E-state index >= 15 is 0 Å². The number of aliphatic carboxylic acids is 2. The van der Waals surface area contributed by atoms with Crippen LogP contribution in [0.2, 0.25) is 0 Å². The molecular weight excluding hydrogens is 1470 g/mol. The summed E-state index contributed by atoms with van der Waals surface area (Å²) in [6, 6.07) is 0. The van der Waals surface area contributed by atoms with Crippen LogP contribution < -0.4 is 95.3 Å². The molecule has 8 saturated carbocycles. The summed E-state index contributed by atoms with van der Waals surface area (Å²) in [5, 5.41) is 87.3. The third kappa shape index (κ3) is 19.8. The van der Waals surface area contributed by atoms with Gasteiger partial charge in [-0.2, -0.15) is 0 Å². The molecule has 10 saturated heterocycles. The Labute approximate surface area is 693 Å². The maximum atomic E-state index is 8.89. The minimum atomic E-state index is -1.08. The van der Waals surface area contributed by atoms with Gasteiger partial charge in [-0.3, -0.25) is 85.1 Å². The summed E-state index contributed by atoms with van der Waals surface area (Å²) >= 11 is 0. The van der Waals surface area contributed by atoms with E-state index in [1.165, 1.54) is 193 Å². The van der Waals surface area contributed by atoms with Crippen molar-refractivity contribution in [1.29, 1.82) is 0 Å². The fourth-order valence-corrected chi connectivity index (χ4v) is 29.0. The molecule has 10 aliphatic heterocycles. The molecule has 1 radical (unpaired) electrons. The normalized spacial score (nSPS) is 48.1. The van der Waals surface area contributed by atoms with E-state index in [1.54, 1.807) is 0 Å². The van der Waals surface area contributed by atoms with Crippen molar-refractivity contribution in [3.05, 3.63) is 0 Å². The maximum absolute atomic E-state index is 8.89. The first-order chi connectivity index (χ1) is 53.9. The summed E-state index contributed by atoms with van der Waals surface area (Å²) in [4.78, 5) is 32.7. The van der Waals surface area contributed by atoms with Crippen LogP contribution >= 0.6 is 0 Å². The van der Waals surface area contributed by atoms with Gasteiger partial charge in [-0.1, -0.05) is 77.0 Å². The van der Waals surface area contributed by atoms with Gasteiger partial charge in [-0.15, -0.1) is 0 Å². The fourth-order valence-electron chi connectivity index (χ4n) is 29.0. The number of carboxylic acids is 2. The van der Waals surface area contributed by atoms with Crippen LogP contribution in [-0.2, 0) is 26.7 Å². The summed E-state index contributed by atoms with van der Waals surface area (Å²) in [5.41, 5.74) is 0. The second-order valence-corrected chi connectivity index (χ2v) is 41.7. The molecule has 38 atom stereocenters. The molecule has 16 N–H and O–H groups in total. The molecule has 0 amide bonds. The predicted molar refractivity (Wildman–Crippen MR) is 440 cm³/mol. The molecule has 18 rings (SSSR count). The Kier molecular flexibility index (Phi) is 30.3. The van der Waals surface area contributed by atoms with E-state index in [-0.39, 0.29) is 17.1 Å². The summed E-state index contributed by atoms with van der Waals surface area (Å²) in [7, 11) is 27.7. The van der Waals surface area contributed by atoms with Gasteiger partial charge in [-0.05, 0) is 319 Å². The van der Waals surface area contributed by atoms with Crippen LogP contribution in [0.1, 0.15) is 181 Å². The van der Waals surface area contributed by atoms with Crippen molar-refractivity contribution in [2.75, 3.05) is 124 Å². The van der Waals surface area contributed by atoms with Crippen LogP contribution in [0.15, 0.2) is 0 Å². The Morgan fingerprint density at radius 2 is 0.363 bits per heavy atom. The monoisotopic (exact) mass is 1630 g/mol. The number of carbonyl (C=O) groups excluding carboxylic acids is 2. The first-order valence-corrected chi connectivity index (χ1v) is 46.3. The third-order valence-corrected chi connectivity index (χ3v) is 32.7.